The molecule has 0 saturated carbocycles. The number of halogens is 3. The molecule has 9 nitrogen and oxygen atoms in total. The summed E-state index contributed by atoms with van der Waals surface area (Å²) in [6.45, 7) is 0. The van der Waals surface area contributed by atoms with Crippen LogP contribution in [0.15, 0.2) is 40.8 Å². The van der Waals surface area contributed by atoms with Crippen LogP contribution in [0, 0.1) is 0 Å². The summed E-state index contributed by atoms with van der Waals surface area (Å²) in [5.74, 6) is -0.672. The molecule has 0 bridgehead atoms. The van der Waals surface area contributed by atoms with Gasteiger partial charge in [0.25, 0.3) is 0 Å². The average Bonchev–Trinajstić information content (AvgIpc) is 3.30. The van der Waals surface area contributed by atoms with E-state index >= 15 is 0 Å². The van der Waals surface area contributed by atoms with Gasteiger partial charge in [-0.1, -0.05) is 6.07 Å². The zero-order valence-corrected chi connectivity index (χ0v) is 18.4. The van der Waals surface area contributed by atoms with E-state index in [1.807, 2.05) is 0 Å². The number of aryl methyl sites for hydroxylation is 1. The van der Waals surface area contributed by atoms with Crippen LogP contribution < -0.4 is 14.8 Å². The van der Waals surface area contributed by atoms with Crippen LogP contribution in [0.3, 0.4) is 0 Å². The first-order chi connectivity index (χ1) is 16.2. The van der Waals surface area contributed by atoms with Crippen LogP contribution in [-0.4, -0.2) is 43.4 Å². The topological polar surface area (TPSA) is 113 Å². The normalized spacial score (nSPS) is 11.1. The molecule has 2 aromatic carbocycles. The minimum atomic E-state index is -4.51. The number of carbonyl (C=O) groups is 2. The molecule has 34 heavy (non-hydrogen) atoms. The van der Waals surface area contributed by atoms with E-state index in [-0.39, 0.29) is 52.9 Å². The smallest absolute Gasteiger partial charge is 0.416 e. The van der Waals surface area contributed by atoms with Crippen LogP contribution in [-0.2, 0) is 22.1 Å². The number of ether oxygens (including phenoxy) is 3. The number of aromatic nitrogens is 2. The van der Waals surface area contributed by atoms with Gasteiger partial charge in [0.05, 0.1) is 38.1 Å². The summed E-state index contributed by atoms with van der Waals surface area (Å²) in [6, 6.07) is 7.26. The van der Waals surface area contributed by atoms with Crippen LogP contribution in [0.4, 0.5) is 18.9 Å². The largest absolute Gasteiger partial charge is 0.493 e. The van der Waals surface area contributed by atoms with Crippen molar-refractivity contribution in [2.75, 3.05) is 26.6 Å². The predicted octanol–water partition coefficient (Wildman–Crippen LogP) is 4.13. The fourth-order valence-corrected chi connectivity index (χ4v) is 2.99. The van der Waals surface area contributed by atoms with E-state index in [1.165, 1.54) is 45.6 Å². The Hall–Kier alpha value is -4.09. The van der Waals surface area contributed by atoms with E-state index in [0.717, 1.165) is 12.1 Å². The third kappa shape index (κ3) is 5.63. The van der Waals surface area contributed by atoms with E-state index in [9.17, 15) is 22.8 Å². The van der Waals surface area contributed by atoms with E-state index in [2.05, 4.69) is 15.5 Å². The van der Waals surface area contributed by atoms with Crippen LogP contribution in [0.5, 0.6) is 11.5 Å². The monoisotopic (exact) mass is 479 g/mol. The highest BCUT2D eigenvalue weighted by Gasteiger charge is 2.31. The Morgan fingerprint density at radius 2 is 1.74 bits per heavy atom. The van der Waals surface area contributed by atoms with Gasteiger partial charge >= 0.3 is 12.1 Å². The maximum atomic E-state index is 12.9. The van der Waals surface area contributed by atoms with Crippen molar-refractivity contribution in [3.63, 3.8) is 0 Å². The summed E-state index contributed by atoms with van der Waals surface area (Å²) in [5, 5.41) is 10.1. The van der Waals surface area contributed by atoms with Gasteiger partial charge in [0.15, 0.2) is 11.5 Å². The fourth-order valence-electron chi connectivity index (χ4n) is 2.99. The van der Waals surface area contributed by atoms with Gasteiger partial charge in [0.2, 0.25) is 17.7 Å². The van der Waals surface area contributed by atoms with Gasteiger partial charge in [0.1, 0.15) is 0 Å². The lowest BCUT2D eigenvalue weighted by Crippen LogP contribution is -2.16. The first kappa shape index (κ1) is 24.6. The highest BCUT2D eigenvalue weighted by Crippen LogP contribution is 2.34. The minimum Gasteiger partial charge on any atom is -0.493 e. The molecule has 0 fully saturated rings. The highest BCUT2D eigenvalue weighted by molar-refractivity contribution is 6.02. The summed E-state index contributed by atoms with van der Waals surface area (Å²) < 4.78 is 59.3. The van der Waals surface area contributed by atoms with Crippen molar-refractivity contribution >= 4 is 17.6 Å². The third-order valence-corrected chi connectivity index (χ3v) is 4.67. The van der Waals surface area contributed by atoms with Gasteiger partial charge in [-0.2, -0.15) is 13.2 Å². The number of alkyl halides is 3. The van der Waals surface area contributed by atoms with Gasteiger partial charge in [0, 0.05) is 30.5 Å². The Morgan fingerprint density at radius 1 is 1.03 bits per heavy atom. The molecule has 0 spiro atoms. The maximum absolute atomic E-state index is 12.9. The fraction of sp³-hybridized carbons (Fsp3) is 0.273. The molecule has 0 radical (unpaired) electrons. The van der Waals surface area contributed by atoms with Crippen LogP contribution in [0.25, 0.3) is 11.5 Å². The Balaban J connectivity index is 1.71. The van der Waals surface area contributed by atoms with E-state index in [1.54, 1.807) is 0 Å². The van der Waals surface area contributed by atoms with Gasteiger partial charge in [-0.15, -0.1) is 10.2 Å². The number of carbonyl (C=O) groups excluding carboxylic acids is 2. The number of anilines is 1. The van der Waals surface area contributed by atoms with Gasteiger partial charge in [-0.05, 0) is 18.2 Å². The van der Waals surface area contributed by atoms with Crippen molar-refractivity contribution in [1.29, 1.82) is 0 Å². The lowest BCUT2D eigenvalue weighted by molar-refractivity contribution is -0.137. The number of esters is 1. The highest BCUT2D eigenvalue weighted by atomic mass is 19.4. The van der Waals surface area contributed by atoms with E-state index < -0.39 is 23.6 Å². The molecular formula is C22H20F3N3O6. The van der Waals surface area contributed by atoms with Crippen LogP contribution >= 0.6 is 0 Å². The first-order valence-electron chi connectivity index (χ1n) is 9.80. The molecule has 0 aliphatic carbocycles. The molecule has 1 amide bonds. The molecular weight excluding hydrogens is 459 g/mol. The number of nitrogens with one attached hydrogen (secondary N) is 1. The van der Waals surface area contributed by atoms with Crippen molar-refractivity contribution in [3.8, 4) is 23.0 Å². The second kappa shape index (κ2) is 10.2. The molecule has 3 rings (SSSR count). The molecule has 0 atom stereocenters. The van der Waals surface area contributed by atoms with E-state index in [0.29, 0.717) is 0 Å². The molecule has 1 N–H and O–H groups in total. The van der Waals surface area contributed by atoms with Crippen molar-refractivity contribution in [1.82, 2.24) is 10.2 Å². The van der Waals surface area contributed by atoms with Gasteiger partial charge < -0.3 is 23.9 Å². The molecule has 1 aromatic heterocycles. The molecule has 0 aliphatic rings. The van der Waals surface area contributed by atoms with Gasteiger partial charge in [-0.25, -0.2) is 4.79 Å². The van der Waals surface area contributed by atoms with Crippen molar-refractivity contribution in [3.05, 3.63) is 53.4 Å². The van der Waals surface area contributed by atoms with E-state index in [4.69, 9.17) is 18.6 Å². The summed E-state index contributed by atoms with van der Waals surface area (Å²) in [4.78, 5) is 24.6. The number of rotatable bonds is 8. The molecule has 1 heterocycles. The molecule has 0 aliphatic heterocycles. The summed E-state index contributed by atoms with van der Waals surface area (Å²) in [7, 11) is 4.00. The second-order valence-electron chi connectivity index (χ2n) is 6.87. The molecule has 12 heteroatoms. The van der Waals surface area contributed by atoms with Crippen LogP contribution in [0.1, 0.15) is 28.2 Å². The zero-order chi connectivity index (χ0) is 24.9. The number of benzene rings is 2. The lowest BCUT2D eigenvalue weighted by Gasteiger charge is -2.14. The summed E-state index contributed by atoms with van der Waals surface area (Å²) in [5.41, 5.74) is -0.547. The Bertz CT molecular complexity index is 1190. The second-order valence-corrected chi connectivity index (χ2v) is 6.87. The Kier molecular flexibility index (Phi) is 7.39. The Morgan fingerprint density at radius 3 is 2.38 bits per heavy atom. The SMILES string of the molecule is COC(=O)c1cc(OC)c(OC)cc1NC(=O)CCc1nnc(-c2cccc(C(F)(F)F)c2)o1. The minimum absolute atomic E-state index is 0.0125. The van der Waals surface area contributed by atoms with Crippen molar-refractivity contribution < 1.29 is 41.4 Å². The Labute approximate surface area is 191 Å². The van der Waals surface area contributed by atoms with Crippen LogP contribution in [0.2, 0.25) is 0 Å². The molecule has 0 unspecified atom stereocenters. The quantitative estimate of drug-likeness (QED) is 0.480. The standard InChI is InChI=1S/C22H20F3N3O6/c1-31-16-10-14(21(30)33-3)15(11-17(16)32-2)26-18(29)7-8-19-27-28-20(34-19)12-5-4-6-13(9-12)22(23,24)25/h4-6,9-11H,7-8H2,1-3H3,(H,26,29). The number of methoxy groups -OCH3 is 3. The first-order valence-corrected chi connectivity index (χ1v) is 9.80. The average molecular weight is 479 g/mol. The third-order valence-electron chi connectivity index (χ3n) is 4.67. The number of nitrogens with zero attached hydrogens (tertiary/aromatic N) is 2. The number of hydrogen-bond donors (Lipinski definition) is 1. The van der Waals surface area contributed by atoms with Gasteiger partial charge in [-0.3, -0.25) is 4.79 Å². The molecule has 3 aromatic rings. The predicted molar refractivity (Wildman–Crippen MR) is 113 cm³/mol. The summed E-state index contributed by atoms with van der Waals surface area (Å²) in [6.07, 6.45) is -4.61. The molecule has 0 saturated heterocycles. The number of amides is 1. The number of hydrogen-bond acceptors (Lipinski definition) is 8. The van der Waals surface area contributed by atoms with Crippen molar-refractivity contribution in [2.45, 2.75) is 19.0 Å². The summed E-state index contributed by atoms with van der Waals surface area (Å²) >= 11 is 0. The lowest BCUT2D eigenvalue weighted by atomic mass is 10.1. The van der Waals surface area contributed by atoms with Crippen molar-refractivity contribution in [2.24, 2.45) is 0 Å². The molecule has 180 valence electrons. The zero-order valence-electron chi connectivity index (χ0n) is 18.4. The maximum Gasteiger partial charge on any atom is 0.416 e.